The molecule has 1 atom stereocenters. The summed E-state index contributed by atoms with van der Waals surface area (Å²) in [6.07, 6.45) is -0.478. The zero-order valence-corrected chi connectivity index (χ0v) is 17.0. The third kappa shape index (κ3) is 6.22. The molecule has 0 aromatic heterocycles. The third-order valence-electron chi connectivity index (χ3n) is 5.01. The summed E-state index contributed by atoms with van der Waals surface area (Å²) in [5, 5.41) is 11.1. The number of aryl methyl sites for hydroxylation is 2. The van der Waals surface area contributed by atoms with Crippen LogP contribution < -0.4 is 4.74 Å². The van der Waals surface area contributed by atoms with Gasteiger partial charge in [0.2, 0.25) is 0 Å². The summed E-state index contributed by atoms with van der Waals surface area (Å²) in [7, 11) is 0. The summed E-state index contributed by atoms with van der Waals surface area (Å²) in [6, 6.07) is 14.2. The number of halogens is 1. The van der Waals surface area contributed by atoms with Gasteiger partial charge in [-0.25, -0.2) is 0 Å². The van der Waals surface area contributed by atoms with E-state index in [1.807, 2.05) is 31.2 Å². The third-order valence-corrected chi connectivity index (χ3v) is 5.27. The fourth-order valence-electron chi connectivity index (χ4n) is 3.48. The van der Waals surface area contributed by atoms with E-state index in [1.54, 1.807) is 0 Å². The molecule has 2 aromatic rings. The van der Waals surface area contributed by atoms with Crippen molar-refractivity contribution in [1.29, 1.82) is 0 Å². The second-order valence-electron chi connectivity index (χ2n) is 7.44. The molecule has 1 heterocycles. The Balaban J connectivity index is 1.38. The number of aliphatic hydroxyl groups is 1. The molecule has 27 heavy (non-hydrogen) atoms. The number of rotatable bonds is 7. The van der Waals surface area contributed by atoms with Crippen LogP contribution in [0.5, 0.6) is 5.75 Å². The SMILES string of the molecule is Cc1ccc(OC[C@H](O)CN2CCN(Cc3ccc(Cl)cc3)CC2)c(C)c1. The van der Waals surface area contributed by atoms with Crippen molar-refractivity contribution in [3.05, 3.63) is 64.2 Å². The molecule has 0 unspecified atom stereocenters. The van der Waals surface area contributed by atoms with Crippen molar-refractivity contribution in [1.82, 2.24) is 9.80 Å². The van der Waals surface area contributed by atoms with E-state index in [1.165, 1.54) is 11.1 Å². The minimum Gasteiger partial charge on any atom is -0.491 e. The molecule has 0 aliphatic carbocycles. The molecule has 5 heteroatoms. The summed E-state index contributed by atoms with van der Waals surface area (Å²) in [5.41, 5.74) is 3.62. The van der Waals surface area contributed by atoms with Crippen molar-refractivity contribution in [2.75, 3.05) is 39.3 Å². The van der Waals surface area contributed by atoms with Gasteiger partial charge >= 0.3 is 0 Å². The maximum absolute atomic E-state index is 10.3. The van der Waals surface area contributed by atoms with E-state index in [9.17, 15) is 5.11 Å². The van der Waals surface area contributed by atoms with Crippen LogP contribution in [-0.2, 0) is 6.54 Å². The van der Waals surface area contributed by atoms with Gasteiger partial charge in [-0.1, -0.05) is 41.4 Å². The Morgan fingerprint density at radius 1 is 1.00 bits per heavy atom. The van der Waals surface area contributed by atoms with Crippen LogP contribution in [0.1, 0.15) is 16.7 Å². The summed E-state index contributed by atoms with van der Waals surface area (Å²) < 4.78 is 5.81. The smallest absolute Gasteiger partial charge is 0.122 e. The molecule has 1 N–H and O–H groups in total. The lowest BCUT2D eigenvalue weighted by Gasteiger charge is -2.35. The second kappa shape index (κ2) is 9.56. The molecule has 1 aliphatic heterocycles. The Hall–Kier alpha value is -1.59. The van der Waals surface area contributed by atoms with Gasteiger partial charge in [-0.3, -0.25) is 9.80 Å². The molecule has 1 aliphatic rings. The number of β-amino-alcohol motifs (C(OH)–C–C–N with tert-alkyl or cyclic N) is 1. The molecule has 146 valence electrons. The Morgan fingerprint density at radius 2 is 1.67 bits per heavy atom. The zero-order valence-electron chi connectivity index (χ0n) is 16.2. The van der Waals surface area contributed by atoms with E-state index in [0.29, 0.717) is 13.2 Å². The van der Waals surface area contributed by atoms with Gasteiger partial charge in [0.05, 0.1) is 0 Å². The molecule has 0 spiro atoms. The number of hydrogen-bond donors (Lipinski definition) is 1. The summed E-state index contributed by atoms with van der Waals surface area (Å²) in [4.78, 5) is 4.76. The highest BCUT2D eigenvalue weighted by Gasteiger charge is 2.19. The number of hydrogen-bond acceptors (Lipinski definition) is 4. The van der Waals surface area contributed by atoms with E-state index in [2.05, 4.69) is 34.9 Å². The molecule has 3 rings (SSSR count). The predicted octanol–water partition coefficient (Wildman–Crippen LogP) is 3.51. The Bertz CT molecular complexity index is 728. The number of benzene rings is 2. The van der Waals surface area contributed by atoms with Crippen molar-refractivity contribution in [2.45, 2.75) is 26.5 Å². The van der Waals surface area contributed by atoms with Gasteiger partial charge in [-0.2, -0.15) is 0 Å². The zero-order chi connectivity index (χ0) is 19.2. The first-order valence-electron chi connectivity index (χ1n) is 9.57. The summed E-state index contributed by atoms with van der Waals surface area (Å²) in [5.74, 6) is 0.854. The van der Waals surface area contributed by atoms with E-state index in [-0.39, 0.29) is 0 Å². The number of ether oxygens (including phenoxy) is 1. The van der Waals surface area contributed by atoms with Crippen molar-refractivity contribution in [2.24, 2.45) is 0 Å². The first kappa shape index (κ1) is 20.2. The van der Waals surface area contributed by atoms with Crippen LogP contribution >= 0.6 is 11.6 Å². The van der Waals surface area contributed by atoms with Gasteiger partial charge in [0, 0.05) is 44.3 Å². The van der Waals surface area contributed by atoms with Crippen LogP contribution in [0.15, 0.2) is 42.5 Å². The Labute approximate surface area is 167 Å². The van der Waals surface area contributed by atoms with Gasteiger partial charge < -0.3 is 9.84 Å². The topological polar surface area (TPSA) is 35.9 Å². The minimum atomic E-state index is -0.478. The summed E-state index contributed by atoms with van der Waals surface area (Å²) in [6.45, 7) is 9.98. The average Bonchev–Trinajstić information content (AvgIpc) is 2.64. The molecule has 2 aromatic carbocycles. The van der Waals surface area contributed by atoms with Crippen LogP contribution in [0.3, 0.4) is 0 Å². The molecule has 4 nitrogen and oxygen atoms in total. The second-order valence-corrected chi connectivity index (χ2v) is 7.87. The molecule has 0 radical (unpaired) electrons. The largest absolute Gasteiger partial charge is 0.491 e. The highest BCUT2D eigenvalue weighted by atomic mass is 35.5. The lowest BCUT2D eigenvalue weighted by molar-refractivity contribution is 0.0445. The van der Waals surface area contributed by atoms with Crippen molar-refractivity contribution < 1.29 is 9.84 Å². The first-order chi connectivity index (χ1) is 13.0. The lowest BCUT2D eigenvalue weighted by atomic mass is 10.1. The standard InChI is InChI=1S/C22H29ClN2O2/c1-17-3-8-22(18(2)13-17)27-16-21(26)15-25-11-9-24(10-12-25)14-19-4-6-20(23)7-5-19/h3-8,13,21,26H,9-12,14-16H2,1-2H3/t21-/m1/s1. The molecule has 0 saturated carbocycles. The van der Waals surface area contributed by atoms with Crippen LogP contribution in [-0.4, -0.2) is 60.3 Å². The fourth-order valence-corrected chi connectivity index (χ4v) is 3.60. The van der Waals surface area contributed by atoms with Crippen molar-refractivity contribution >= 4 is 11.6 Å². The molecular formula is C22H29ClN2O2. The van der Waals surface area contributed by atoms with Crippen LogP contribution in [0.2, 0.25) is 5.02 Å². The lowest BCUT2D eigenvalue weighted by Crippen LogP contribution is -2.48. The highest BCUT2D eigenvalue weighted by Crippen LogP contribution is 2.19. The number of piperazine rings is 1. The molecule has 0 bridgehead atoms. The average molecular weight is 389 g/mol. The van der Waals surface area contributed by atoms with Gasteiger partial charge in [0.15, 0.2) is 0 Å². The Morgan fingerprint density at radius 3 is 2.33 bits per heavy atom. The Kier molecular flexibility index (Phi) is 7.13. The number of aliphatic hydroxyl groups excluding tert-OH is 1. The van der Waals surface area contributed by atoms with Crippen LogP contribution in [0, 0.1) is 13.8 Å². The van der Waals surface area contributed by atoms with Gasteiger partial charge in [0.1, 0.15) is 18.5 Å². The normalized spacial score (nSPS) is 17.0. The monoisotopic (exact) mass is 388 g/mol. The van der Waals surface area contributed by atoms with E-state index < -0.39 is 6.10 Å². The summed E-state index contributed by atoms with van der Waals surface area (Å²) >= 11 is 5.95. The van der Waals surface area contributed by atoms with Crippen LogP contribution in [0.4, 0.5) is 0 Å². The van der Waals surface area contributed by atoms with Gasteiger partial charge in [0.25, 0.3) is 0 Å². The molecule has 0 amide bonds. The molecule has 1 fully saturated rings. The highest BCUT2D eigenvalue weighted by molar-refractivity contribution is 6.30. The van der Waals surface area contributed by atoms with E-state index >= 15 is 0 Å². The maximum atomic E-state index is 10.3. The van der Waals surface area contributed by atoms with E-state index in [4.69, 9.17) is 16.3 Å². The molecular weight excluding hydrogens is 360 g/mol. The maximum Gasteiger partial charge on any atom is 0.122 e. The van der Waals surface area contributed by atoms with Crippen molar-refractivity contribution in [3.8, 4) is 5.75 Å². The minimum absolute atomic E-state index is 0.328. The van der Waals surface area contributed by atoms with Gasteiger partial charge in [-0.05, 0) is 43.2 Å². The molecule has 1 saturated heterocycles. The van der Waals surface area contributed by atoms with E-state index in [0.717, 1.165) is 49.1 Å². The first-order valence-corrected chi connectivity index (χ1v) is 9.94. The van der Waals surface area contributed by atoms with Crippen LogP contribution in [0.25, 0.3) is 0 Å². The predicted molar refractivity (Wildman–Crippen MR) is 111 cm³/mol. The number of nitrogens with zero attached hydrogens (tertiary/aromatic N) is 2. The quantitative estimate of drug-likeness (QED) is 0.787. The van der Waals surface area contributed by atoms with Crippen molar-refractivity contribution in [3.63, 3.8) is 0 Å². The fraction of sp³-hybridized carbons (Fsp3) is 0.455. The van der Waals surface area contributed by atoms with Gasteiger partial charge in [-0.15, -0.1) is 0 Å².